The van der Waals surface area contributed by atoms with E-state index in [4.69, 9.17) is 4.74 Å². The second kappa shape index (κ2) is 6.05. The minimum atomic E-state index is 0.859. The highest BCUT2D eigenvalue weighted by Crippen LogP contribution is 2.16. The normalized spacial score (nSPS) is 10.1. The van der Waals surface area contributed by atoms with Gasteiger partial charge in [0.05, 0.1) is 7.11 Å². The first kappa shape index (κ1) is 12.4. The van der Waals surface area contributed by atoms with Gasteiger partial charge in [0.25, 0.3) is 0 Å². The zero-order valence-electron chi connectivity index (χ0n) is 10.8. The van der Waals surface area contributed by atoms with Crippen LogP contribution in [0.4, 0.5) is 5.82 Å². The third kappa shape index (κ3) is 3.00. The number of nitrogens with zero attached hydrogens (tertiary/aromatic N) is 2. The summed E-state index contributed by atoms with van der Waals surface area (Å²) in [5, 5.41) is 0. The summed E-state index contributed by atoms with van der Waals surface area (Å²) in [4.78, 5) is 6.62. The SMILES string of the molecule is CCN(Cc1ccc(OC)cc1)c1ccccn1. The van der Waals surface area contributed by atoms with Crippen molar-refractivity contribution in [2.75, 3.05) is 18.6 Å². The smallest absolute Gasteiger partial charge is 0.128 e. The van der Waals surface area contributed by atoms with Gasteiger partial charge in [-0.15, -0.1) is 0 Å². The first-order valence-corrected chi connectivity index (χ1v) is 6.12. The van der Waals surface area contributed by atoms with E-state index in [0.29, 0.717) is 0 Å². The summed E-state index contributed by atoms with van der Waals surface area (Å²) in [5.41, 5.74) is 1.25. The number of rotatable bonds is 5. The molecule has 0 bridgehead atoms. The van der Waals surface area contributed by atoms with E-state index >= 15 is 0 Å². The lowest BCUT2D eigenvalue weighted by Crippen LogP contribution is -2.22. The van der Waals surface area contributed by atoms with Crippen molar-refractivity contribution >= 4 is 5.82 Å². The van der Waals surface area contributed by atoms with E-state index in [1.165, 1.54) is 5.56 Å². The van der Waals surface area contributed by atoms with Crippen LogP contribution in [0.2, 0.25) is 0 Å². The van der Waals surface area contributed by atoms with E-state index in [1.54, 1.807) is 7.11 Å². The summed E-state index contributed by atoms with van der Waals surface area (Å²) in [6, 6.07) is 14.1. The number of methoxy groups -OCH3 is 1. The van der Waals surface area contributed by atoms with Crippen LogP contribution >= 0.6 is 0 Å². The van der Waals surface area contributed by atoms with Gasteiger partial charge in [0.15, 0.2) is 0 Å². The molecule has 0 aliphatic carbocycles. The van der Waals surface area contributed by atoms with Gasteiger partial charge in [-0.1, -0.05) is 18.2 Å². The van der Waals surface area contributed by atoms with Gasteiger partial charge >= 0.3 is 0 Å². The van der Waals surface area contributed by atoms with Gasteiger partial charge in [0.1, 0.15) is 11.6 Å². The zero-order valence-corrected chi connectivity index (χ0v) is 10.8. The molecule has 0 atom stereocenters. The Bertz CT molecular complexity index is 468. The fourth-order valence-corrected chi connectivity index (χ4v) is 1.85. The van der Waals surface area contributed by atoms with Crippen LogP contribution in [0.1, 0.15) is 12.5 Å². The second-order valence-corrected chi connectivity index (χ2v) is 4.05. The zero-order chi connectivity index (χ0) is 12.8. The van der Waals surface area contributed by atoms with Crippen molar-refractivity contribution < 1.29 is 4.74 Å². The van der Waals surface area contributed by atoms with Gasteiger partial charge in [-0.25, -0.2) is 4.98 Å². The molecular weight excluding hydrogens is 224 g/mol. The van der Waals surface area contributed by atoms with Crippen molar-refractivity contribution in [2.45, 2.75) is 13.5 Å². The highest BCUT2D eigenvalue weighted by molar-refractivity contribution is 5.39. The summed E-state index contributed by atoms with van der Waals surface area (Å²) in [6.07, 6.45) is 1.83. The maximum absolute atomic E-state index is 5.16. The van der Waals surface area contributed by atoms with Crippen molar-refractivity contribution in [3.05, 3.63) is 54.2 Å². The Balaban J connectivity index is 2.10. The Morgan fingerprint density at radius 3 is 2.44 bits per heavy atom. The standard InChI is InChI=1S/C15H18N2O/c1-3-17(15-6-4-5-11-16-15)12-13-7-9-14(18-2)10-8-13/h4-11H,3,12H2,1-2H3. The molecule has 0 saturated heterocycles. The Hall–Kier alpha value is -2.03. The van der Waals surface area contributed by atoms with Crippen LogP contribution in [0.5, 0.6) is 5.75 Å². The molecule has 0 amide bonds. The molecule has 1 aromatic carbocycles. The van der Waals surface area contributed by atoms with Gasteiger partial charge in [-0.2, -0.15) is 0 Å². The molecule has 0 fully saturated rings. The van der Waals surface area contributed by atoms with Crippen LogP contribution in [-0.2, 0) is 6.54 Å². The maximum atomic E-state index is 5.16. The minimum Gasteiger partial charge on any atom is -0.497 e. The summed E-state index contributed by atoms with van der Waals surface area (Å²) in [7, 11) is 1.68. The molecule has 1 heterocycles. The molecule has 0 saturated carbocycles. The van der Waals surface area contributed by atoms with Crippen LogP contribution < -0.4 is 9.64 Å². The van der Waals surface area contributed by atoms with Gasteiger partial charge in [-0.3, -0.25) is 0 Å². The van der Waals surface area contributed by atoms with Gasteiger partial charge < -0.3 is 9.64 Å². The number of anilines is 1. The number of hydrogen-bond acceptors (Lipinski definition) is 3. The van der Waals surface area contributed by atoms with Crippen molar-refractivity contribution in [1.82, 2.24) is 4.98 Å². The molecular formula is C15H18N2O. The van der Waals surface area contributed by atoms with Gasteiger partial charge in [0, 0.05) is 19.3 Å². The van der Waals surface area contributed by atoms with Gasteiger partial charge in [0.2, 0.25) is 0 Å². The molecule has 2 rings (SSSR count). The van der Waals surface area contributed by atoms with E-state index in [1.807, 2.05) is 36.5 Å². The Morgan fingerprint density at radius 2 is 1.89 bits per heavy atom. The van der Waals surface area contributed by atoms with Crippen molar-refractivity contribution in [3.63, 3.8) is 0 Å². The molecule has 3 heteroatoms. The third-order valence-corrected chi connectivity index (χ3v) is 2.89. The summed E-state index contributed by atoms with van der Waals surface area (Å²) in [6.45, 7) is 3.93. The number of benzene rings is 1. The van der Waals surface area contributed by atoms with E-state index < -0.39 is 0 Å². The molecule has 0 spiro atoms. The van der Waals surface area contributed by atoms with Crippen molar-refractivity contribution in [3.8, 4) is 5.75 Å². The average Bonchev–Trinajstić information content (AvgIpc) is 2.46. The summed E-state index contributed by atoms with van der Waals surface area (Å²) in [5.74, 6) is 1.90. The topological polar surface area (TPSA) is 25.4 Å². The van der Waals surface area contributed by atoms with Crippen LogP contribution in [0, 0.1) is 0 Å². The molecule has 2 aromatic rings. The quantitative estimate of drug-likeness (QED) is 0.805. The second-order valence-electron chi connectivity index (χ2n) is 4.05. The van der Waals surface area contributed by atoms with E-state index in [0.717, 1.165) is 24.7 Å². The van der Waals surface area contributed by atoms with Crippen LogP contribution in [0.3, 0.4) is 0 Å². The van der Waals surface area contributed by atoms with Crippen LogP contribution in [-0.4, -0.2) is 18.6 Å². The highest BCUT2D eigenvalue weighted by Gasteiger charge is 2.05. The molecule has 18 heavy (non-hydrogen) atoms. The van der Waals surface area contributed by atoms with Crippen molar-refractivity contribution in [2.24, 2.45) is 0 Å². The van der Waals surface area contributed by atoms with E-state index in [9.17, 15) is 0 Å². The molecule has 3 nitrogen and oxygen atoms in total. The van der Waals surface area contributed by atoms with E-state index in [2.05, 4.69) is 28.9 Å². The molecule has 0 aliphatic heterocycles. The predicted octanol–water partition coefficient (Wildman–Crippen LogP) is 3.12. The molecule has 0 unspecified atom stereocenters. The van der Waals surface area contributed by atoms with E-state index in [-0.39, 0.29) is 0 Å². The fraction of sp³-hybridized carbons (Fsp3) is 0.267. The molecule has 94 valence electrons. The van der Waals surface area contributed by atoms with Crippen LogP contribution in [0.15, 0.2) is 48.7 Å². The largest absolute Gasteiger partial charge is 0.497 e. The lowest BCUT2D eigenvalue weighted by molar-refractivity contribution is 0.414. The number of hydrogen-bond donors (Lipinski definition) is 0. The lowest BCUT2D eigenvalue weighted by Gasteiger charge is -2.21. The first-order chi connectivity index (χ1) is 8.83. The summed E-state index contributed by atoms with van der Waals surface area (Å²) < 4.78 is 5.16. The maximum Gasteiger partial charge on any atom is 0.128 e. The molecule has 0 N–H and O–H groups in total. The number of aromatic nitrogens is 1. The first-order valence-electron chi connectivity index (χ1n) is 6.12. The van der Waals surface area contributed by atoms with Crippen LogP contribution in [0.25, 0.3) is 0 Å². The average molecular weight is 242 g/mol. The molecule has 1 aromatic heterocycles. The lowest BCUT2D eigenvalue weighted by atomic mass is 10.2. The predicted molar refractivity (Wildman–Crippen MR) is 74.0 cm³/mol. The van der Waals surface area contributed by atoms with Crippen molar-refractivity contribution in [1.29, 1.82) is 0 Å². The Kier molecular flexibility index (Phi) is 4.18. The fourth-order valence-electron chi connectivity index (χ4n) is 1.85. The Morgan fingerprint density at radius 1 is 1.11 bits per heavy atom. The molecule has 0 radical (unpaired) electrons. The number of ether oxygens (including phenoxy) is 1. The van der Waals surface area contributed by atoms with Gasteiger partial charge in [-0.05, 0) is 36.8 Å². The monoisotopic (exact) mass is 242 g/mol. The third-order valence-electron chi connectivity index (χ3n) is 2.89. The highest BCUT2D eigenvalue weighted by atomic mass is 16.5. The molecule has 0 aliphatic rings. The summed E-state index contributed by atoms with van der Waals surface area (Å²) >= 11 is 0. The minimum absolute atomic E-state index is 0.859. The number of pyridine rings is 1. The Labute approximate surface area is 108 Å².